The summed E-state index contributed by atoms with van der Waals surface area (Å²) in [5.41, 5.74) is 0.163. The summed E-state index contributed by atoms with van der Waals surface area (Å²) in [4.78, 5) is 0. The van der Waals surface area contributed by atoms with Gasteiger partial charge in [-0.2, -0.15) is 17.2 Å². The van der Waals surface area contributed by atoms with Gasteiger partial charge in [0.2, 0.25) is 34.8 Å². The van der Waals surface area contributed by atoms with Crippen molar-refractivity contribution in [3.05, 3.63) is 57.9 Å². The fourth-order valence-corrected chi connectivity index (χ4v) is 5.01. The first-order chi connectivity index (χ1) is 12.0. The molecule has 0 aliphatic carbocycles. The molecule has 0 saturated carbocycles. The van der Waals surface area contributed by atoms with Crippen LogP contribution in [0.5, 0.6) is 5.75 Å². The number of fused-ring (bicyclic) bond motifs is 1. The Morgan fingerprint density at radius 1 is 0.962 bits per heavy atom. The van der Waals surface area contributed by atoms with Crippen molar-refractivity contribution in [1.29, 1.82) is 0 Å². The van der Waals surface area contributed by atoms with Crippen LogP contribution in [0.1, 0.15) is 5.56 Å². The molecule has 0 bridgehead atoms. The summed E-state index contributed by atoms with van der Waals surface area (Å²) in [5, 5.41) is 0.769. The summed E-state index contributed by atoms with van der Waals surface area (Å²) in [6.45, 7) is 1.39. The lowest BCUT2D eigenvalue weighted by Gasteiger charge is -2.10. The van der Waals surface area contributed by atoms with Crippen LogP contribution in [0.25, 0.3) is 10.1 Å². The molecule has 0 fully saturated rings. The lowest BCUT2D eigenvalue weighted by molar-refractivity contribution is 0.347. The lowest BCUT2D eigenvalue weighted by Crippen LogP contribution is -2.14. The summed E-state index contributed by atoms with van der Waals surface area (Å²) in [6, 6.07) is 4.49. The van der Waals surface area contributed by atoms with Crippen molar-refractivity contribution in [2.75, 3.05) is 0 Å². The van der Waals surface area contributed by atoms with Crippen molar-refractivity contribution in [2.24, 2.45) is 0 Å². The topological polar surface area (TPSA) is 43.4 Å². The molecule has 11 heteroatoms. The van der Waals surface area contributed by atoms with Gasteiger partial charge in [0.25, 0.3) is 0 Å². The molecule has 1 aromatic heterocycles. The fraction of sp³-hybridized carbons (Fsp3) is 0.0667. The quantitative estimate of drug-likeness (QED) is 0.245. The maximum absolute atomic E-state index is 13.7. The van der Waals surface area contributed by atoms with Gasteiger partial charge < -0.3 is 4.18 Å². The Morgan fingerprint density at radius 2 is 1.50 bits per heavy atom. The van der Waals surface area contributed by atoms with Crippen molar-refractivity contribution < 1.29 is 34.6 Å². The van der Waals surface area contributed by atoms with Gasteiger partial charge in [-0.25, -0.2) is 13.2 Å². The predicted molar refractivity (Wildman–Crippen MR) is 85.6 cm³/mol. The van der Waals surface area contributed by atoms with Crippen molar-refractivity contribution in [1.82, 2.24) is 0 Å². The first-order valence-electron chi connectivity index (χ1n) is 6.69. The summed E-state index contributed by atoms with van der Waals surface area (Å²) in [5.74, 6) is -13.7. The highest BCUT2D eigenvalue weighted by molar-refractivity contribution is 7.89. The van der Waals surface area contributed by atoms with Gasteiger partial charge in [-0.3, -0.25) is 0 Å². The third kappa shape index (κ3) is 2.91. The SMILES string of the molecule is Cc1c(S(=O)(=O)Oc2c(F)c(F)c(F)c(F)c2F)sc2ccc(Cl)cc12. The highest BCUT2D eigenvalue weighted by Crippen LogP contribution is 2.38. The molecular weight excluding hydrogens is 423 g/mol. The van der Waals surface area contributed by atoms with E-state index in [1.54, 1.807) is 0 Å². The Kier molecular flexibility index (Phi) is 4.62. The number of hydrogen-bond acceptors (Lipinski definition) is 4. The Bertz CT molecular complexity index is 1130. The highest BCUT2D eigenvalue weighted by Gasteiger charge is 2.32. The van der Waals surface area contributed by atoms with E-state index in [0.29, 0.717) is 26.4 Å². The zero-order valence-electron chi connectivity index (χ0n) is 12.5. The summed E-state index contributed by atoms with van der Waals surface area (Å²) >= 11 is 6.55. The summed E-state index contributed by atoms with van der Waals surface area (Å²) in [7, 11) is -4.87. The normalized spacial score (nSPS) is 12.0. The number of hydrogen-bond donors (Lipinski definition) is 0. The van der Waals surface area contributed by atoms with E-state index in [9.17, 15) is 30.4 Å². The number of aryl methyl sites for hydroxylation is 1. The van der Waals surface area contributed by atoms with Crippen LogP contribution in [-0.2, 0) is 10.1 Å². The largest absolute Gasteiger partial charge is 0.372 e. The van der Waals surface area contributed by atoms with Crippen molar-refractivity contribution in [2.45, 2.75) is 11.1 Å². The lowest BCUT2D eigenvalue weighted by atomic mass is 10.2. The highest BCUT2D eigenvalue weighted by atomic mass is 35.5. The van der Waals surface area contributed by atoms with Crippen LogP contribution in [0.2, 0.25) is 5.02 Å². The predicted octanol–water partition coefficient (Wildman–Crippen LogP) is 5.33. The second-order valence-electron chi connectivity index (χ2n) is 5.09. The molecule has 138 valence electrons. The molecule has 3 rings (SSSR count). The molecule has 2 aromatic carbocycles. The van der Waals surface area contributed by atoms with Gasteiger partial charge in [0.15, 0.2) is 4.21 Å². The van der Waals surface area contributed by atoms with E-state index in [0.717, 1.165) is 0 Å². The van der Waals surface area contributed by atoms with Crippen molar-refractivity contribution in [3.63, 3.8) is 0 Å². The van der Waals surface area contributed by atoms with Crippen LogP contribution >= 0.6 is 22.9 Å². The Labute approximate surface area is 152 Å². The molecule has 0 amide bonds. The molecule has 3 aromatic rings. The molecule has 0 N–H and O–H groups in total. The monoisotopic (exact) mass is 428 g/mol. The second-order valence-corrected chi connectivity index (χ2v) is 8.32. The Hall–Kier alpha value is -1.91. The van der Waals surface area contributed by atoms with E-state index in [2.05, 4.69) is 4.18 Å². The van der Waals surface area contributed by atoms with Crippen LogP contribution in [0.15, 0.2) is 22.4 Å². The Morgan fingerprint density at radius 3 is 2.08 bits per heavy atom. The Balaban J connectivity index is 2.16. The minimum Gasteiger partial charge on any atom is -0.372 e. The van der Waals surface area contributed by atoms with Crippen LogP contribution in [0.4, 0.5) is 22.0 Å². The standard InChI is InChI=1S/C15H6ClF5O3S2/c1-5-7-4-6(16)2-3-8(7)25-15(5)26(22,23)24-14-12(20)10(18)9(17)11(19)13(14)21/h2-4H,1H3. The zero-order valence-corrected chi connectivity index (χ0v) is 14.9. The number of benzene rings is 2. The number of rotatable bonds is 3. The molecule has 0 spiro atoms. The van der Waals surface area contributed by atoms with Gasteiger partial charge in [0.05, 0.1) is 0 Å². The van der Waals surface area contributed by atoms with E-state index in [1.807, 2.05) is 0 Å². The van der Waals surface area contributed by atoms with Crippen LogP contribution in [0, 0.1) is 36.0 Å². The van der Waals surface area contributed by atoms with Crippen molar-refractivity contribution in [3.8, 4) is 5.75 Å². The molecule has 26 heavy (non-hydrogen) atoms. The summed E-state index contributed by atoms with van der Waals surface area (Å²) in [6.07, 6.45) is 0. The molecule has 0 unspecified atom stereocenters. The summed E-state index contributed by atoms with van der Waals surface area (Å²) < 4.78 is 95.9. The molecule has 0 radical (unpaired) electrons. The average molecular weight is 429 g/mol. The van der Waals surface area contributed by atoms with E-state index in [1.165, 1.54) is 25.1 Å². The molecule has 0 aliphatic heterocycles. The first kappa shape index (κ1) is 18.9. The molecule has 0 atom stereocenters. The zero-order chi connectivity index (χ0) is 19.4. The van der Waals surface area contributed by atoms with Gasteiger partial charge in [-0.1, -0.05) is 11.6 Å². The smallest absolute Gasteiger partial charge is 0.349 e. The minimum atomic E-state index is -4.87. The van der Waals surface area contributed by atoms with Gasteiger partial charge in [-0.05, 0) is 36.1 Å². The maximum Gasteiger partial charge on any atom is 0.349 e. The molecule has 1 heterocycles. The van der Waals surface area contributed by atoms with Crippen LogP contribution in [-0.4, -0.2) is 8.42 Å². The third-order valence-electron chi connectivity index (χ3n) is 3.44. The molecule has 3 nitrogen and oxygen atoms in total. The van der Waals surface area contributed by atoms with Gasteiger partial charge >= 0.3 is 10.1 Å². The van der Waals surface area contributed by atoms with Gasteiger partial charge in [-0.15, -0.1) is 11.3 Å². The van der Waals surface area contributed by atoms with Crippen LogP contribution in [0.3, 0.4) is 0 Å². The molecular formula is C15H6ClF5O3S2. The first-order valence-corrected chi connectivity index (χ1v) is 9.29. The maximum atomic E-state index is 13.7. The van der Waals surface area contributed by atoms with E-state index in [4.69, 9.17) is 11.6 Å². The minimum absolute atomic E-state index is 0.163. The number of thiophene rings is 1. The van der Waals surface area contributed by atoms with E-state index >= 15 is 0 Å². The van der Waals surface area contributed by atoms with Crippen molar-refractivity contribution >= 4 is 43.1 Å². The molecule has 0 saturated heterocycles. The van der Waals surface area contributed by atoms with E-state index in [-0.39, 0.29) is 5.56 Å². The second kappa shape index (κ2) is 6.36. The third-order valence-corrected chi connectivity index (χ3v) is 6.76. The number of halogens is 6. The fourth-order valence-electron chi connectivity index (χ4n) is 2.21. The van der Waals surface area contributed by atoms with E-state index < -0.39 is 49.2 Å². The van der Waals surface area contributed by atoms with Gasteiger partial charge in [0, 0.05) is 9.72 Å². The average Bonchev–Trinajstić information content (AvgIpc) is 2.92. The van der Waals surface area contributed by atoms with Gasteiger partial charge in [0.1, 0.15) is 0 Å². The van der Waals surface area contributed by atoms with Crippen LogP contribution < -0.4 is 4.18 Å². The molecule has 0 aliphatic rings.